The lowest BCUT2D eigenvalue weighted by Crippen LogP contribution is -2.01. The fraction of sp³-hybridized carbons (Fsp3) is 0.0769. The predicted molar refractivity (Wildman–Crippen MR) is 69.8 cm³/mol. The lowest BCUT2D eigenvalue weighted by Gasteiger charge is -2.08. The molecule has 0 fully saturated rings. The third-order valence-electron chi connectivity index (χ3n) is 2.24. The van der Waals surface area contributed by atoms with Gasteiger partial charge in [0, 0.05) is 3.57 Å². The summed E-state index contributed by atoms with van der Waals surface area (Å²) in [4.78, 5) is 0. The molecular formula is C13H9F2IO. The molecule has 0 saturated heterocycles. The van der Waals surface area contributed by atoms with Gasteiger partial charge in [-0.3, -0.25) is 0 Å². The minimum absolute atomic E-state index is 0.0497. The Labute approximate surface area is 112 Å². The summed E-state index contributed by atoms with van der Waals surface area (Å²) in [6, 6.07) is 11.1. The molecule has 17 heavy (non-hydrogen) atoms. The molecule has 0 heterocycles. The van der Waals surface area contributed by atoms with E-state index in [1.165, 1.54) is 18.2 Å². The molecule has 0 spiro atoms. The van der Waals surface area contributed by atoms with Gasteiger partial charge in [-0.05, 0) is 52.9 Å². The summed E-state index contributed by atoms with van der Waals surface area (Å²) in [5.74, 6) is -0.578. The largest absolute Gasteiger partial charge is 0.489 e. The highest BCUT2D eigenvalue weighted by Gasteiger charge is 2.08. The van der Waals surface area contributed by atoms with Crippen LogP contribution in [0.3, 0.4) is 0 Å². The fourth-order valence-corrected chi connectivity index (χ4v) is 1.90. The standard InChI is InChI=1S/C13H9F2IO/c14-12-5-2-6-13(15)11(12)8-17-10-4-1-3-9(16)7-10/h1-7H,8H2. The summed E-state index contributed by atoms with van der Waals surface area (Å²) in [6.07, 6.45) is 0. The van der Waals surface area contributed by atoms with Gasteiger partial charge in [0.25, 0.3) is 0 Å². The lowest BCUT2D eigenvalue weighted by molar-refractivity contribution is 0.292. The van der Waals surface area contributed by atoms with Crippen LogP contribution in [0.5, 0.6) is 5.75 Å². The number of ether oxygens (including phenoxy) is 1. The lowest BCUT2D eigenvalue weighted by atomic mass is 10.2. The molecule has 0 radical (unpaired) electrons. The summed E-state index contributed by atoms with van der Waals surface area (Å²) in [7, 11) is 0. The number of benzene rings is 2. The average Bonchev–Trinajstić information content (AvgIpc) is 2.28. The molecule has 0 aliphatic carbocycles. The topological polar surface area (TPSA) is 9.23 Å². The molecule has 0 amide bonds. The summed E-state index contributed by atoms with van der Waals surface area (Å²) in [6.45, 7) is -0.113. The van der Waals surface area contributed by atoms with Crippen molar-refractivity contribution in [2.24, 2.45) is 0 Å². The fourth-order valence-electron chi connectivity index (χ4n) is 1.38. The number of rotatable bonds is 3. The first-order valence-electron chi connectivity index (χ1n) is 4.98. The van der Waals surface area contributed by atoms with E-state index in [-0.39, 0.29) is 12.2 Å². The van der Waals surface area contributed by atoms with E-state index in [1.54, 1.807) is 12.1 Å². The Morgan fingerprint density at radius 3 is 2.29 bits per heavy atom. The molecule has 0 saturated carbocycles. The van der Waals surface area contributed by atoms with Gasteiger partial charge in [0.15, 0.2) is 0 Å². The van der Waals surface area contributed by atoms with E-state index >= 15 is 0 Å². The van der Waals surface area contributed by atoms with Crippen LogP contribution in [0.25, 0.3) is 0 Å². The van der Waals surface area contributed by atoms with E-state index in [4.69, 9.17) is 4.74 Å². The van der Waals surface area contributed by atoms with Crippen LogP contribution in [0, 0.1) is 15.2 Å². The molecule has 0 aromatic heterocycles. The van der Waals surface area contributed by atoms with E-state index in [1.807, 2.05) is 12.1 Å². The summed E-state index contributed by atoms with van der Waals surface area (Å²) < 4.78 is 33.0. The molecule has 0 unspecified atom stereocenters. The Kier molecular flexibility index (Phi) is 3.93. The molecule has 2 aromatic carbocycles. The quantitative estimate of drug-likeness (QED) is 0.759. The monoisotopic (exact) mass is 346 g/mol. The van der Waals surface area contributed by atoms with Crippen LogP contribution in [0.2, 0.25) is 0 Å². The number of halogens is 3. The molecule has 4 heteroatoms. The molecular weight excluding hydrogens is 337 g/mol. The Morgan fingerprint density at radius 2 is 1.65 bits per heavy atom. The van der Waals surface area contributed by atoms with Crippen molar-refractivity contribution in [3.8, 4) is 5.75 Å². The smallest absolute Gasteiger partial charge is 0.132 e. The van der Waals surface area contributed by atoms with Gasteiger partial charge < -0.3 is 4.74 Å². The van der Waals surface area contributed by atoms with Crippen molar-refractivity contribution in [1.82, 2.24) is 0 Å². The Morgan fingerprint density at radius 1 is 1.00 bits per heavy atom. The number of hydrogen-bond acceptors (Lipinski definition) is 1. The van der Waals surface area contributed by atoms with Gasteiger partial charge in [-0.1, -0.05) is 12.1 Å². The first-order valence-corrected chi connectivity index (χ1v) is 6.06. The first-order chi connectivity index (χ1) is 8.16. The Bertz CT molecular complexity index is 508. The van der Waals surface area contributed by atoms with Gasteiger partial charge in [0.1, 0.15) is 24.0 Å². The second-order valence-corrected chi connectivity index (χ2v) is 4.69. The molecule has 0 aliphatic heterocycles. The molecule has 0 aliphatic rings. The maximum Gasteiger partial charge on any atom is 0.132 e. The van der Waals surface area contributed by atoms with Crippen molar-refractivity contribution < 1.29 is 13.5 Å². The van der Waals surface area contributed by atoms with Crippen molar-refractivity contribution in [2.75, 3.05) is 0 Å². The molecule has 2 rings (SSSR count). The van der Waals surface area contributed by atoms with Crippen molar-refractivity contribution in [3.63, 3.8) is 0 Å². The average molecular weight is 346 g/mol. The zero-order chi connectivity index (χ0) is 12.3. The minimum atomic E-state index is -0.587. The van der Waals surface area contributed by atoms with E-state index in [0.717, 1.165) is 3.57 Å². The summed E-state index contributed by atoms with van der Waals surface area (Å²) in [5, 5.41) is 0. The van der Waals surface area contributed by atoms with Gasteiger partial charge >= 0.3 is 0 Å². The molecule has 0 atom stereocenters. The number of hydrogen-bond donors (Lipinski definition) is 0. The van der Waals surface area contributed by atoms with Crippen molar-refractivity contribution >= 4 is 22.6 Å². The first kappa shape index (κ1) is 12.3. The normalized spacial score (nSPS) is 10.3. The van der Waals surface area contributed by atoms with Crippen LogP contribution in [0.15, 0.2) is 42.5 Å². The second kappa shape index (κ2) is 5.44. The third kappa shape index (κ3) is 3.15. The highest BCUT2D eigenvalue weighted by molar-refractivity contribution is 14.1. The molecule has 2 aromatic rings. The van der Waals surface area contributed by atoms with Crippen LogP contribution in [-0.4, -0.2) is 0 Å². The van der Waals surface area contributed by atoms with Crippen LogP contribution in [0.4, 0.5) is 8.78 Å². The van der Waals surface area contributed by atoms with E-state index in [9.17, 15) is 8.78 Å². The predicted octanol–water partition coefficient (Wildman–Crippen LogP) is 4.15. The minimum Gasteiger partial charge on any atom is -0.489 e. The van der Waals surface area contributed by atoms with E-state index in [2.05, 4.69) is 22.6 Å². The maximum atomic E-state index is 13.3. The van der Waals surface area contributed by atoms with Gasteiger partial charge in [-0.25, -0.2) is 8.78 Å². The molecule has 88 valence electrons. The molecule has 0 N–H and O–H groups in total. The SMILES string of the molecule is Fc1cccc(F)c1COc1cccc(I)c1. The zero-order valence-electron chi connectivity index (χ0n) is 8.79. The summed E-state index contributed by atoms with van der Waals surface area (Å²) in [5.41, 5.74) is -0.0497. The van der Waals surface area contributed by atoms with Crippen LogP contribution in [-0.2, 0) is 6.61 Å². The van der Waals surface area contributed by atoms with Gasteiger partial charge in [-0.15, -0.1) is 0 Å². The second-order valence-electron chi connectivity index (χ2n) is 3.45. The third-order valence-corrected chi connectivity index (χ3v) is 2.91. The highest BCUT2D eigenvalue weighted by Crippen LogP contribution is 2.18. The zero-order valence-corrected chi connectivity index (χ0v) is 10.9. The van der Waals surface area contributed by atoms with E-state index < -0.39 is 11.6 Å². The Hall–Kier alpha value is -1.17. The maximum absolute atomic E-state index is 13.3. The van der Waals surface area contributed by atoms with Gasteiger partial charge in [0.2, 0.25) is 0 Å². The van der Waals surface area contributed by atoms with E-state index in [0.29, 0.717) is 5.75 Å². The Balaban J connectivity index is 2.13. The van der Waals surface area contributed by atoms with Crippen molar-refractivity contribution in [2.45, 2.75) is 6.61 Å². The van der Waals surface area contributed by atoms with Crippen molar-refractivity contribution in [1.29, 1.82) is 0 Å². The van der Waals surface area contributed by atoms with Gasteiger partial charge in [-0.2, -0.15) is 0 Å². The molecule has 1 nitrogen and oxygen atoms in total. The summed E-state index contributed by atoms with van der Waals surface area (Å²) >= 11 is 2.15. The molecule has 0 bridgehead atoms. The van der Waals surface area contributed by atoms with Crippen LogP contribution >= 0.6 is 22.6 Å². The van der Waals surface area contributed by atoms with Gasteiger partial charge in [0.05, 0.1) is 5.56 Å². The van der Waals surface area contributed by atoms with Crippen LogP contribution < -0.4 is 4.74 Å². The highest BCUT2D eigenvalue weighted by atomic mass is 127. The van der Waals surface area contributed by atoms with Crippen molar-refractivity contribution in [3.05, 3.63) is 63.2 Å². The van der Waals surface area contributed by atoms with Crippen LogP contribution in [0.1, 0.15) is 5.56 Å².